The molecule has 152 valence electrons. The Morgan fingerprint density at radius 2 is 1.45 bits per heavy atom. The highest BCUT2D eigenvalue weighted by atomic mass is 16.2. The second kappa shape index (κ2) is 8.50. The number of carbonyl (C=O) groups excluding carboxylic acids is 2. The molecular formula is C25H30N2O2. The highest BCUT2D eigenvalue weighted by molar-refractivity contribution is 6.21. The first kappa shape index (κ1) is 19.8. The Balaban J connectivity index is 1.50. The van der Waals surface area contributed by atoms with Crippen LogP contribution in [0, 0.1) is 0 Å². The van der Waals surface area contributed by atoms with Crippen molar-refractivity contribution in [2.75, 3.05) is 19.6 Å². The summed E-state index contributed by atoms with van der Waals surface area (Å²) in [4.78, 5) is 29.9. The zero-order chi connectivity index (χ0) is 20.4. The zero-order valence-corrected chi connectivity index (χ0v) is 17.5. The maximum Gasteiger partial charge on any atom is 0.261 e. The molecule has 2 amide bonds. The Morgan fingerprint density at radius 1 is 0.897 bits per heavy atom. The third-order valence-electron chi connectivity index (χ3n) is 6.21. The van der Waals surface area contributed by atoms with E-state index < -0.39 is 0 Å². The van der Waals surface area contributed by atoms with E-state index in [4.69, 9.17) is 0 Å². The van der Waals surface area contributed by atoms with Crippen LogP contribution < -0.4 is 0 Å². The van der Waals surface area contributed by atoms with Gasteiger partial charge in [-0.25, -0.2) is 0 Å². The van der Waals surface area contributed by atoms with E-state index in [1.54, 1.807) is 0 Å². The van der Waals surface area contributed by atoms with E-state index >= 15 is 0 Å². The summed E-state index contributed by atoms with van der Waals surface area (Å²) >= 11 is 0. The first-order valence-electron chi connectivity index (χ1n) is 10.9. The molecule has 0 radical (unpaired) electrons. The lowest BCUT2D eigenvalue weighted by Gasteiger charge is -2.27. The van der Waals surface area contributed by atoms with Gasteiger partial charge in [-0.05, 0) is 74.0 Å². The highest BCUT2D eigenvalue weighted by Gasteiger charge is 2.38. The summed E-state index contributed by atoms with van der Waals surface area (Å²) in [5, 5.41) is 0. The van der Waals surface area contributed by atoms with E-state index in [1.807, 2.05) is 42.5 Å². The first-order valence-corrected chi connectivity index (χ1v) is 10.9. The molecule has 0 saturated carbocycles. The van der Waals surface area contributed by atoms with Crippen LogP contribution in [0.5, 0.6) is 0 Å². The predicted octanol–water partition coefficient (Wildman–Crippen LogP) is 4.11. The molecule has 2 aromatic rings. The largest absolute Gasteiger partial charge is 0.300 e. The average molecular weight is 391 g/mol. The molecule has 29 heavy (non-hydrogen) atoms. The third-order valence-corrected chi connectivity index (χ3v) is 6.21. The van der Waals surface area contributed by atoms with Crippen molar-refractivity contribution in [2.24, 2.45) is 0 Å². The summed E-state index contributed by atoms with van der Waals surface area (Å²) in [5.74, 6) is -0.266. The van der Waals surface area contributed by atoms with Gasteiger partial charge in [-0.15, -0.1) is 0 Å². The Kier molecular flexibility index (Phi) is 5.81. The smallest absolute Gasteiger partial charge is 0.261 e. The van der Waals surface area contributed by atoms with Gasteiger partial charge in [0.1, 0.15) is 0 Å². The Labute approximate surface area is 173 Å². The fourth-order valence-electron chi connectivity index (χ4n) is 4.78. The van der Waals surface area contributed by atoms with Crippen molar-refractivity contribution in [3.05, 3.63) is 70.3 Å². The standard InChI is InChI=1S/C25H30N2O2/c1-3-11-26(12-4-2)21-14-19-16-22-23(17-20(19)15-21)25(29)27(24(22)28)13-10-18-8-6-5-7-9-18/h5-9,16-17,21H,3-4,10-15H2,1-2H3. The molecule has 2 aromatic carbocycles. The second-order valence-electron chi connectivity index (χ2n) is 8.26. The van der Waals surface area contributed by atoms with Crippen LogP contribution in [0.15, 0.2) is 42.5 Å². The molecule has 4 heteroatoms. The molecule has 1 heterocycles. The van der Waals surface area contributed by atoms with E-state index in [2.05, 4.69) is 18.7 Å². The molecule has 0 bridgehead atoms. The fraction of sp³-hybridized carbons (Fsp3) is 0.440. The van der Waals surface area contributed by atoms with E-state index in [1.165, 1.54) is 16.0 Å². The summed E-state index contributed by atoms with van der Waals surface area (Å²) in [7, 11) is 0. The van der Waals surface area contributed by atoms with E-state index in [0.29, 0.717) is 30.1 Å². The van der Waals surface area contributed by atoms with E-state index in [-0.39, 0.29) is 11.8 Å². The summed E-state index contributed by atoms with van der Waals surface area (Å²) in [6.45, 7) is 7.10. The van der Waals surface area contributed by atoms with Crippen LogP contribution in [0.4, 0.5) is 0 Å². The molecule has 0 aromatic heterocycles. The lowest BCUT2D eigenvalue weighted by molar-refractivity contribution is 0.0656. The van der Waals surface area contributed by atoms with Crippen LogP contribution in [0.25, 0.3) is 0 Å². The minimum Gasteiger partial charge on any atom is -0.300 e. The lowest BCUT2D eigenvalue weighted by atomic mass is 10.0. The van der Waals surface area contributed by atoms with Crippen LogP contribution in [0.3, 0.4) is 0 Å². The van der Waals surface area contributed by atoms with Crippen LogP contribution in [-0.2, 0) is 19.3 Å². The summed E-state index contributed by atoms with van der Waals surface area (Å²) in [5.41, 5.74) is 4.83. The summed E-state index contributed by atoms with van der Waals surface area (Å²) in [6, 6.07) is 14.5. The number of nitrogens with zero attached hydrogens (tertiary/aromatic N) is 2. The fourth-order valence-corrected chi connectivity index (χ4v) is 4.78. The molecule has 0 N–H and O–H groups in total. The van der Waals surface area contributed by atoms with E-state index in [0.717, 1.165) is 44.3 Å². The van der Waals surface area contributed by atoms with Gasteiger partial charge in [0, 0.05) is 12.6 Å². The SMILES string of the molecule is CCCN(CCC)C1Cc2cc3c(cc2C1)C(=O)N(CCc1ccccc1)C3=O. The number of amides is 2. The molecule has 0 unspecified atom stereocenters. The van der Waals surface area contributed by atoms with Gasteiger partial charge < -0.3 is 0 Å². The van der Waals surface area contributed by atoms with Crippen molar-refractivity contribution < 1.29 is 9.59 Å². The molecule has 2 aliphatic rings. The monoisotopic (exact) mass is 390 g/mol. The minimum absolute atomic E-state index is 0.133. The number of hydrogen-bond acceptors (Lipinski definition) is 3. The molecule has 0 atom stereocenters. The van der Waals surface area contributed by atoms with Gasteiger partial charge in [-0.3, -0.25) is 19.4 Å². The number of hydrogen-bond donors (Lipinski definition) is 0. The normalized spacial score (nSPS) is 16.0. The van der Waals surface area contributed by atoms with Gasteiger partial charge in [0.05, 0.1) is 11.1 Å². The Morgan fingerprint density at radius 3 is 1.97 bits per heavy atom. The summed E-state index contributed by atoms with van der Waals surface area (Å²) < 4.78 is 0. The van der Waals surface area contributed by atoms with Crippen molar-refractivity contribution in [1.29, 1.82) is 0 Å². The van der Waals surface area contributed by atoms with Crippen LogP contribution in [0.1, 0.15) is 64.1 Å². The van der Waals surface area contributed by atoms with Gasteiger partial charge >= 0.3 is 0 Å². The molecule has 1 aliphatic carbocycles. The maximum atomic E-state index is 12.9. The lowest BCUT2D eigenvalue weighted by Crippen LogP contribution is -2.37. The maximum absolute atomic E-state index is 12.9. The van der Waals surface area contributed by atoms with Crippen molar-refractivity contribution in [1.82, 2.24) is 9.80 Å². The number of rotatable bonds is 8. The predicted molar refractivity (Wildman–Crippen MR) is 115 cm³/mol. The molecule has 4 nitrogen and oxygen atoms in total. The van der Waals surface area contributed by atoms with Crippen LogP contribution in [-0.4, -0.2) is 47.3 Å². The van der Waals surface area contributed by atoms with Gasteiger partial charge in [0.25, 0.3) is 11.8 Å². The first-order chi connectivity index (χ1) is 14.1. The van der Waals surface area contributed by atoms with Crippen LogP contribution >= 0.6 is 0 Å². The second-order valence-corrected chi connectivity index (χ2v) is 8.26. The number of carbonyl (C=O) groups is 2. The van der Waals surface area contributed by atoms with Crippen molar-refractivity contribution >= 4 is 11.8 Å². The molecule has 0 fully saturated rings. The van der Waals surface area contributed by atoms with Crippen molar-refractivity contribution in [2.45, 2.75) is 52.0 Å². The van der Waals surface area contributed by atoms with E-state index in [9.17, 15) is 9.59 Å². The molecular weight excluding hydrogens is 360 g/mol. The Bertz CT molecular complexity index is 856. The number of fused-ring (bicyclic) bond motifs is 2. The average Bonchev–Trinajstić information content (AvgIpc) is 3.25. The number of imide groups is 1. The van der Waals surface area contributed by atoms with Crippen LogP contribution in [0.2, 0.25) is 0 Å². The summed E-state index contributed by atoms with van der Waals surface area (Å²) in [6.07, 6.45) is 4.95. The molecule has 4 rings (SSSR count). The van der Waals surface area contributed by atoms with Crippen molar-refractivity contribution in [3.8, 4) is 0 Å². The molecule has 0 saturated heterocycles. The minimum atomic E-state index is -0.133. The quantitative estimate of drug-likeness (QED) is 0.637. The Hall–Kier alpha value is -2.46. The van der Waals surface area contributed by atoms with Gasteiger partial charge in [-0.1, -0.05) is 44.2 Å². The number of benzene rings is 2. The van der Waals surface area contributed by atoms with Crippen molar-refractivity contribution in [3.63, 3.8) is 0 Å². The highest BCUT2D eigenvalue weighted by Crippen LogP contribution is 2.33. The zero-order valence-electron chi connectivity index (χ0n) is 17.5. The topological polar surface area (TPSA) is 40.6 Å². The van der Waals surface area contributed by atoms with Gasteiger partial charge in [-0.2, -0.15) is 0 Å². The van der Waals surface area contributed by atoms with Gasteiger partial charge in [0.15, 0.2) is 0 Å². The molecule has 1 aliphatic heterocycles. The third kappa shape index (κ3) is 3.86. The van der Waals surface area contributed by atoms with Gasteiger partial charge in [0.2, 0.25) is 0 Å². The molecule has 0 spiro atoms.